The highest BCUT2D eigenvalue weighted by atomic mass is 32.1. The molecule has 0 spiro atoms. The third-order valence-corrected chi connectivity index (χ3v) is 4.37. The summed E-state index contributed by atoms with van der Waals surface area (Å²) in [6, 6.07) is 3.30. The van der Waals surface area contributed by atoms with Crippen LogP contribution in [0.15, 0.2) is 16.7 Å². The number of nitrogens with zero attached hydrogens (tertiary/aromatic N) is 2. The molecule has 0 aliphatic carbocycles. The third-order valence-electron chi connectivity index (χ3n) is 3.29. The fourth-order valence-corrected chi connectivity index (χ4v) is 2.96. The van der Waals surface area contributed by atoms with E-state index in [-0.39, 0.29) is 17.6 Å². The molecular weight excluding hydrogens is 335 g/mol. The Morgan fingerprint density at radius 3 is 2.91 bits per heavy atom. The molecule has 23 heavy (non-hydrogen) atoms. The molecule has 1 atom stereocenters. The molecule has 3 rings (SSSR count). The van der Waals surface area contributed by atoms with E-state index in [1.807, 2.05) is 0 Å². The van der Waals surface area contributed by atoms with Crippen LogP contribution in [0.2, 0.25) is 0 Å². The molecule has 0 saturated carbocycles. The number of aromatic nitrogens is 2. The van der Waals surface area contributed by atoms with Crippen molar-refractivity contribution in [2.45, 2.75) is 19.1 Å². The Hall–Kier alpha value is -1.94. The van der Waals surface area contributed by atoms with Gasteiger partial charge in [0.25, 0.3) is 0 Å². The molecule has 3 heterocycles. The van der Waals surface area contributed by atoms with E-state index in [0.29, 0.717) is 31.1 Å². The van der Waals surface area contributed by atoms with Crippen LogP contribution in [-0.4, -0.2) is 29.3 Å². The molecule has 10 heteroatoms. The van der Waals surface area contributed by atoms with E-state index in [1.54, 1.807) is 12.1 Å². The molecule has 124 valence electrons. The van der Waals surface area contributed by atoms with Crippen LogP contribution >= 0.6 is 11.3 Å². The first-order valence-electron chi connectivity index (χ1n) is 6.79. The van der Waals surface area contributed by atoms with Crippen LogP contribution in [0.5, 0.6) is 0 Å². The summed E-state index contributed by atoms with van der Waals surface area (Å²) >= 11 is 1.20. The molecule has 2 aromatic heterocycles. The van der Waals surface area contributed by atoms with Crippen LogP contribution < -0.4 is 5.32 Å². The predicted molar refractivity (Wildman–Crippen MR) is 73.4 cm³/mol. The lowest BCUT2D eigenvalue weighted by Gasteiger charge is -2.07. The van der Waals surface area contributed by atoms with Crippen LogP contribution in [0, 0.1) is 5.92 Å². The number of hydrogen-bond acceptors (Lipinski definition) is 6. The second-order valence-corrected chi connectivity index (χ2v) is 6.13. The van der Waals surface area contributed by atoms with Crippen LogP contribution in [0.3, 0.4) is 0 Å². The minimum absolute atomic E-state index is 0.0867. The zero-order chi connectivity index (χ0) is 16.4. The Morgan fingerprint density at radius 1 is 1.43 bits per heavy atom. The number of hydrogen-bond donors (Lipinski definition) is 1. The fraction of sp³-hybridized carbons (Fsp3) is 0.462. The number of rotatable bonds is 4. The first-order chi connectivity index (χ1) is 10.9. The number of nitrogens with one attached hydrogen (secondary N) is 1. The third kappa shape index (κ3) is 3.70. The highest BCUT2D eigenvalue weighted by molar-refractivity contribution is 7.15. The lowest BCUT2D eigenvalue weighted by Crippen LogP contribution is -2.30. The van der Waals surface area contributed by atoms with E-state index < -0.39 is 12.1 Å². The quantitative estimate of drug-likeness (QED) is 0.919. The summed E-state index contributed by atoms with van der Waals surface area (Å²) in [5, 5.41) is 6.11. The molecule has 1 aliphatic heterocycles. The van der Waals surface area contributed by atoms with Gasteiger partial charge < -0.3 is 14.6 Å². The number of carbonyl (C=O) groups is 1. The number of halogens is 3. The monoisotopic (exact) mass is 347 g/mol. The van der Waals surface area contributed by atoms with Crippen molar-refractivity contribution in [2.24, 2.45) is 5.92 Å². The van der Waals surface area contributed by atoms with Crippen molar-refractivity contribution in [2.75, 3.05) is 13.2 Å². The topological polar surface area (TPSA) is 77.3 Å². The van der Waals surface area contributed by atoms with E-state index in [9.17, 15) is 18.0 Å². The summed E-state index contributed by atoms with van der Waals surface area (Å²) in [6.45, 7) is 1.30. The van der Waals surface area contributed by atoms with Crippen molar-refractivity contribution in [3.63, 3.8) is 0 Å². The summed E-state index contributed by atoms with van der Waals surface area (Å²) in [7, 11) is 0. The molecule has 1 unspecified atom stereocenters. The average Bonchev–Trinajstić information content (AvgIpc) is 3.22. The molecular formula is C13H12F3N3O3S. The Labute approximate surface area is 132 Å². The summed E-state index contributed by atoms with van der Waals surface area (Å²) in [5.41, 5.74) is 0. The zero-order valence-electron chi connectivity index (χ0n) is 11.7. The molecule has 1 N–H and O–H groups in total. The Morgan fingerprint density at radius 2 is 2.26 bits per heavy atom. The van der Waals surface area contributed by atoms with Crippen molar-refractivity contribution < 1.29 is 27.2 Å². The number of alkyl halides is 3. The van der Waals surface area contributed by atoms with E-state index >= 15 is 0 Å². The molecule has 6 nitrogen and oxygen atoms in total. The number of ether oxygens (including phenoxy) is 1. The molecule has 0 aromatic carbocycles. The first-order valence-corrected chi connectivity index (χ1v) is 7.60. The largest absolute Gasteiger partial charge is 0.471 e. The first kappa shape index (κ1) is 15.9. The highest BCUT2D eigenvalue weighted by Gasteiger charge is 2.38. The van der Waals surface area contributed by atoms with E-state index in [2.05, 4.69) is 20.0 Å². The summed E-state index contributed by atoms with van der Waals surface area (Å²) in [4.78, 5) is 16.4. The van der Waals surface area contributed by atoms with Crippen molar-refractivity contribution in [1.29, 1.82) is 0 Å². The lowest BCUT2D eigenvalue weighted by molar-refractivity contribution is -0.159. The lowest BCUT2D eigenvalue weighted by atomic mass is 10.1. The van der Waals surface area contributed by atoms with Gasteiger partial charge in [0.15, 0.2) is 0 Å². The van der Waals surface area contributed by atoms with Gasteiger partial charge in [-0.2, -0.15) is 18.2 Å². The molecule has 0 radical (unpaired) electrons. The summed E-state index contributed by atoms with van der Waals surface area (Å²) < 4.78 is 46.6. The molecule has 1 fully saturated rings. The molecule has 1 amide bonds. The van der Waals surface area contributed by atoms with Crippen LogP contribution in [0.1, 0.15) is 17.2 Å². The van der Waals surface area contributed by atoms with Gasteiger partial charge in [0.2, 0.25) is 11.7 Å². The Kier molecular flexibility index (Phi) is 4.35. The highest BCUT2D eigenvalue weighted by Crippen LogP contribution is 2.31. The Balaban J connectivity index is 1.61. The zero-order valence-corrected chi connectivity index (χ0v) is 12.5. The van der Waals surface area contributed by atoms with Gasteiger partial charge in [-0.3, -0.25) is 4.79 Å². The minimum atomic E-state index is -4.66. The van der Waals surface area contributed by atoms with Crippen LogP contribution in [-0.2, 0) is 22.3 Å². The second kappa shape index (κ2) is 6.28. The van der Waals surface area contributed by atoms with Gasteiger partial charge in [-0.1, -0.05) is 5.16 Å². The second-order valence-electron chi connectivity index (χ2n) is 4.97. The van der Waals surface area contributed by atoms with Crippen molar-refractivity contribution in [3.05, 3.63) is 22.9 Å². The molecule has 0 bridgehead atoms. The Bertz CT molecular complexity index is 692. The van der Waals surface area contributed by atoms with Crippen molar-refractivity contribution in [3.8, 4) is 10.7 Å². The van der Waals surface area contributed by atoms with Gasteiger partial charge in [-0.15, -0.1) is 11.3 Å². The maximum absolute atomic E-state index is 12.4. The number of amides is 1. The average molecular weight is 347 g/mol. The standard InChI is InChI=1S/C13H12F3N3O3S/c14-13(15,16)12-18-10(19-22-12)9-2-1-8(23-9)5-17-11(20)7-3-4-21-6-7/h1-2,7H,3-6H2,(H,17,20). The van der Waals surface area contributed by atoms with Gasteiger partial charge in [0, 0.05) is 11.5 Å². The van der Waals surface area contributed by atoms with Crippen molar-refractivity contribution >= 4 is 17.2 Å². The molecule has 1 saturated heterocycles. The van der Waals surface area contributed by atoms with Gasteiger partial charge in [0.05, 0.1) is 23.9 Å². The van der Waals surface area contributed by atoms with Crippen molar-refractivity contribution in [1.82, 2.24) is 15.5 Å². The predicted octanol–water partition coefficient (Wildman–Crippen LogP) is 2.47. The SMILES string of the molecule is O=C(NCc1ccc(-c2noc(C(F)(F)F)n2)s1)C1CCOC1. The normalized spacial score (nSPS) is 18.3. The fourth-order valence-electron chi connectivity index (χ4n) is 2.09. The van der Waals surface area contributed by atoms with Gasteiger partial charge in [0.1, 0.15) is 0 Å². The van der Waals surface area contributed by atoms with Crippen LogP contribution in [0.25, 0.3) is 10.7 Å². The number of thiophene rings is 1. The van der Waals surface area contributed by atoms with E-state index in [1.165, 1.54) is 11.3 Å². The van der Waals surface area contributed by atoms with Gasteiger partial charge in [-0.05, 0) is 18.6 Å². The summed E-state index contributed by atoms with van der Waals surface area (Å²) in [6.07, 6.45) is -3.97. The number of carbonyl (C=O) groups excluding carboxylic acids is 1. The molecule has 2 aromatic rings. The summed E-state index contributed by atoms with van der Waals surface area (Å²) in [5.74, 6) is -1.72. The van der Waals surface area contributed by atoms with E-state index in [0.717, 1.165) is 4.88 Å². The van der Waals surface area contributed by atoms with Crippen LogP contribution in [0.4, 0.5) is 13.2 Å². The van der Waals surface area contributed by atoms with Gasteiger partial charge in [-0.25, -0.2) is 0 Å². The van der Waals surface area contributed by atoms with E-state index in [4.69, 9.17) is 4.74 Å². The van der Waals surface area contributed by atoms with Gasteiger partial charge >= 0.3 is 12.1 Å². The minimum Gasteiger partial charge on any atom is -0.381 e. The maximum Gasteiger partial charge on any atom is 0.471 e. The smallest absolute Gasteiger partial charge is 0.381 e. The molecule has 1 aliphatic rings. The maximum atomic E-state index is 12.4.